The fraction of sp³-hybridized carbons (Fsp3) is 0.0714. The number of halogens is 1. The third kappa shape index (κ3) is 2.39. The number of ketones is 1. The first-order valence-corrected chi connectivity index (χ1v) is 5.98. The molecule has 0 saturated carbocycles. The van der Waals surface area contributed by atoms with Gasteiger partial charge in [-0.25, -0.2) is 0 Å². The van der Waals surface area contributed by atoms with Crippen LogP contribution in [-0.4, -0.2) is 10.9 Å². The lowest BCUT2D eigenvalue weighted by atomic mass is 10.0. The van der Waals surface area contributed by atoms with E-state index in [0.717, 1.165) is 5.56 Å². The molecule has 0 aromatic heterocycles. The molecule has 0 atom stereocenters. The van der Waals surface area contributed by atoms with Gasteiger partial charge in [-0.1, -0.05) is 30.3 Å². The molecule has 86 valence electrons. The second-order valence-electron chi connectivity index (χ2n) is 3.78. The zero-order valence-corrected chi connectivity index (χ0v) is 10.9. The first-order chi connectivity index (χ1) is 8.09. The second-order valence-corrected chi connectivity index (χ2v) is 4.63. The van der Waals surface area contributed by atoms with Crippen molar-refractivity contribution in [3.05, 3.63) is 52.5 Å². The van der Waals surface area contributed by atoms with Crippen molar-refractivity contribution in [3.8, 4) is 16.9 Å². The summed E-state index contributed by atoms with van der Waals surface area (Å²) < 4.78 is 0.532. The van der Waals surface area contributed by atoms with Gasteiger partial charge in [-0.05, 0) is 40.5 Å². The van der Waals surface area contributed by atoms with Crippen LogP contribution in [0.25, 0.3) is 11.1 Å². The number of aromatic hydroxyl groups is 1. The van der Waals surface area contributed by atoms with Crippen molar-refractivity contribution in [1.29, 1.82) is 0 Å². The summed E-state index contributed by atoms with van der Waals surface area (Å²) in [6, 6.07) is 12.8. The SMILES string of the molecule is CC(=O)c1cc(Br)c(O)c(-c2ccccc2)c1. The van der Waals surface area contributed by atoms with Crippen molar-refractivity contribution in [3.63, 3.8) is 0 Å². The molecule has 2 aromatic carbocycles. The van der Waals surface area contributed by atoms with Gasteiger partial charge in [0, 0.05) is 11.1 Å². The third-order valence-corrected chi connectivity index (χ3v) is 3.16. The molecule has 0 radical (unpaired) electrons. The lowest BCUT2D eigenvalue weighted by Crippen LogP contribution is -1.93. The number of carbonyl (C=O) groups is 1. The van der Waals surface area contributed by atoms with Crippen molar-refractivity contribution in [2.24, 2.45) is 0 Å². The van der Waals surface area contributed by atoms with E-state index in [-0.39, 0.29) is 11.5 Å². The van der Waals surface area contributed by atoms with Gasteiger partial charge < -0.3 is 5.11 Å². The lowest BCUT2D eigenvalue weighted by Gasteiger charge is -2.08. The van der Waals surface area contributed by atoms with Crippen LogP contribution in [0, 0.1) is 0 Å². The number of hydrogen-bond acceptors (Lipinski definition) is 2. The van der Waals surface area contributed by atoms with Crippen molar-refractivity contribution < 1.29 is 9.90 Å². The Balaban J connectivity index is 2.65. The Bertz CT molecular complexity index is 562. The van der Waals surface area contributed by atoms with E-state index < -0.39 is 0 Å². The quantitative estimate of drug-likeness (QED) is 0.848. The molecule has 0 aliphatic heterocycles. The Labute approximate surface area is 108 Å². The molecular weight excluding hydrogens is 280 g/mol. The average Bonchev–Trinajstić information content (AvgIpc) is 2.33. The van der Waals surface area contributed by atoms with E-state index in [1.807, 2.05) is 30.3 Å². The fourth-order valence-electron chi connectivity index (χ4n) is 1.64. The molecule has 0 heterocycles. The molecule has 0 saturated heterocycles. The smallest absolute Gasteiger partial charge is 0.159 e. The predicted molar refractivity (Wildman–Crippen MR) is 71.2 cm³/mol. The van der Waals surface area contributed by atoms with E-state index >= 15 is 0 Å². The van der Waals surface area contributed by atoms with Crippen LogP contribution in [0.1, 0.15) is 17.3 Å². The van der Waals surface area contributed by atoms with Crippen molar-refractivity contribution in [2.75, 3.05) is 0 Å². The van der Waals surface area contributed by atoms with Crippen LogP contribution in [0.15, 0.2) is 46.9 Å². The van der Waals surface area contributed by atoms with Gasteiger partial charge in [-0.15, -0.1) is 0 Å². The molecule has 1 N–H and O–H groups in total. The number of Topliss-reactive ketones (excluding diaryl/α,β-unsaturated/α-hetero) is 1. The molecule has 0 amide bonds. The molecular formula is C14H11BrO2. The molecule has 0 spiro atoms. The molecule has 17 heavy (non-hydrogen) atoms. The normalized spacial score (nSPS) is 10.2. The number of benzene rings is 2. The number of rotatable bonds is 2. The van der Waals surface area contributed by atoms with Gasteiger partial charge in [0.15, 0.2) is 5.78 Å². The van der Waals surface area contributed by atoms with E-state index in [1.165, 1.54) is 6.92 Å². The van der Waals surface area contributed by atoms with Gasteiger partial charge in [0.05, 0.1) is 4.47 Å². The summed E-state index contributed by atoms with van der Waals surface area (Å²) in [6.07, 6.45) is 0. The maximum atomic E-state index is 11.4. The van der Waals surface area contributed by atoms with Gasteiger partial charge in [0.1, 0.15) is 5.75 Å². The highest BCUT2D eigenvalue weighted by atomic mass is 79.9. The van der Waals surface area contributed by atoms with Crippen LogP contribution >= 0.6 is 15.9 Å². The summed E-state index contributed by atoms with van der Waals surface area (Å²) in [6.45, 7) is 1.51. The van der Waals surface area contributed by atoms with E-state index in [9.17, 15) is 9.90 Å². The predicted octanol–water partition coefficient (Wildman–Crippen LogP) is 4.02. The number of phenols is 1. The third-order valence-electron chi connectivity index (χ3n) is 2.55. The maximum absolute atomic E-state index is 11.4. The van der Waals surface area contributed by atoms with Gasteiger partial charge in [0.2, 0.25) is 0 Å². The number of phenolic OH excluding ortho intramolecular Hbond substituents is 1. The van der Waals surface area contributed by atoms with Crippen molar-refractivity contribution >= 4 is 21.7 Å². The van der Waals surface area contributed by atoms with E-state index in [2.05, 4.69) is 15.9 Å². The summed E-state index contributed by atoms with van der Waals surface area (Å²) in [5.74, 6) is 0.129. The lowest BCUT2D eigenvalue weighted by molar-refractivity contribution is 0.101. The number of carbonyl (C=O) groups excluding carboxylic acids is 1. The van der Waals surface area contributed by atoms with Crippen molar-refractivity contribution in [1.82, 2.24) is 0 Å². The molecule has 0 fully saturated rings. The molecule has 2 rings (SSSR count). The molecule has 0 aliphatic carbocycles. The minimum Gasteiger partial charge on any atom is -0.506 e. The Hall–Kier alpha value is -1.61. The Morgan fingerprint density at radius 1 is 1.18 bits per heavy atom. The van der Waals surface area contributed by atoms with E-state index in [0.29, 0.717) is 15.6 Å². The molecule has 0 bridgehead atoms. The van der Waals surface area contributed by atoms with Crippen LogP contribution in [0.5, 0.6) is 5.75 Å². The monoisotopic (exact) mass is 290 g/mol. The van der Waals surface area contributed by atoms with Crippen molar-refractivity contribution in [2.45, 2.75) is 6.92 Å². The molecule has 0 unspecified atom stereocenters. The van der Waals surface area contributed by atoms with Crippen LogP contribution < -0.4 is 0 Å². The molecule has 3 heteroatoms. The summed E-state index contributed by atoms with van der Waals surface area (Å²) >= 11 is 3.26. The van der Waals surface area contributed by atoms with Gasteiger partial charge in [0.25, 0.3) is 0 Å². The van der Waals surface area contributed by atoms with Gasteiger partial charge in [-0.2, -0.15) is 0 Å². The second kappa shape index (κ2) is 4.72. The fourth-order valence-corrected chi connectivity index (χ4v) is 2.10. The standard InChI is InChI=1S/C14H11BrO2/c1-9(16)11-7-12(14(17)13(15)8-11)10-5-3-2-4-6-10/h2-8,17H,1H3. The zero-order chi connectivity index (χ0) is 12.4. The Morgan fingerprint density at radius 3 is 2.41 bits per heavy atom. The summed E-state index contributed by atoms with van der Waals surface area (Å²) in [5, 5.41) is 10.00. The first-order valence-electron chi connectivity index (χ1n) is 5.18. The van der Waals surface area contributed by atoms with Crippen LogP contribution in [0.4, 0.5) is 0 Å². The molecule has 2 aromatic rings. The first kappa shape index (κ1) is 11.9. The minimum atomic E-state index is -0.0251. The van der Waals surface area contributed by atoms with E-state index in [4.69, 9.17) is 0 Å². The van der Waals surface area contributed by atoms with Crippen LogP contribution in [0.3, 0.4) is 0 Å². The maximum Gasteiger partial charge on any atom is 0.159 e. The van der Waals surface area contributed by atoms with E-state index in [1.54, 1.807) is 12.1 Å². The average molecular weight is 291 g/mol. The number of hydrogen-bond donors (Lipinski definition) is 1. The summed E-state index contributed by atoms with van der Waals surface area (Å²) in [5.41, 5.74) is 2.12. The van der Waals surface area contributed by atoms with Gasteiger partial charge >= 0.3 is 0 Å². The minimum absolute atomic E-state index is 0.0251. The summed E-state index contributed by atoms with van der Waals surface area (Å²) in [4.78, 5) is 11.4. The zero-order valence-electron chi connectivity index (χ0n) is 9.27. The van der Waals surface area contributed by atoms with Crippen LogP contribution in [0.2, 0.25) is 0 Å². The molecule has 0 aliphatic rings. The topological polar surface area (TPSA) is 37.3 Å². The highest BCUT2D eigenvalue weighted by Gasteiger charge is 2.11. The summed E-state index contributed by atoms with van der Waals surface area (Å²) in [7, 11) is 0. The highest BCUT2D eigenvalue weighted by Crippen LogP contribution is 2.36. The Morgan fingerprint density at radius 2 is 1.82 bits per heavy atom. The highest BCUT2D eigenvalue weighted by molar-refractivity contribution is 9.10. The largest absolute Gasteiger partial charge is 0.506 e. The van der Waals surface area contributed by atoms with Gasteiger partial charge in [-0.3, -0.25) is 4.79 Å². The Kier molecular flexibility index (Phi) is 3.29. The van der Waals surface area contributed by atoms with Crippen LogP contribution in [-0.2, 0) is 0 Å². The molecule has 2 nitrogen and oxygen atoms in total.